The molecule has 33 heavy (non-hydrogen) atoms. The van der Waals surface area contributed by atoms with Gasteiger partial charge in [0.05, 0.1) is 6.20 Å². The molecule has 5 heteroatoms. The molecule has 5 nitrogen and oxygen atoms in total. The van der Waals surface area contributed by atoms with Crippen molar-refractivity contribution < 1.29 is 9.47 Å². The maximum Gasteiger partial charge on any atom is 0.137 e. The maximum atomic E-state index is 6.10. The molecule has 0 amide bonds. The highest BCUT2D eigenvalue weighted by Crippen LogP contribution is 2.27. The van der Waals surface area contributed by atoms with Crippen LogP contribution in [0.25, 0.3) is 0 Å². The molecular weight excluding hydrogens is 410 g/mol. The molecule has 0 radical (unpaired) electrons. The highest BCUT2D eigenvalue weighted by atomic mass is 16.5. The minimum Gasteiger partial charge on any atom is -0.492 e. The van der Waals surface area contributed by atoms with Crippen molar-refractivity contribution in [1.29, 1.82) is 0 Å². The first-order valence-electron chi connectivity index (χ1n) is 12.0. The number of nitrogens with zero attached hydrogens (tertiary/aromatic N) is 3. The average Bonchev–Trinajstić information content (AvgIpc) is 3.04. The Labute approximate surface area is 197 Å². The summed E-state index contributed by atoms with van der Waals surface area (Å²) in [5.41, 5.74) is 5.32. The van der Waals surface area contributed by atoms with Gasteiger partial charge in [-0.05, 0) is 55.2 Å². The van der Waals surface area contributed by atoms with Crippen molar-refractivity contribution >= 4 is 0 Å². The molecular formula is C28H33N3O2. The molecule has 3 heterocycles. The number of rotatable bonds is 6. The number of aryl methyl sites for hydroxylation is 1. The van der Waals surface area contributed by atoms with Crippen molar-refractivity contribution in [2.45, 2.75) is 45.5 Å². The van der Waals surface area contributed by atoms with E-state index in [0.29, 0.717) is 0 Å². The van der Waals surface area contributed by atoms with Crippen molar-refractivity contribution in [3.05, 3.63) is 89.2 Å². The van der Waals surface area contributed by atoms with E-state index in [1.807, 2.05) is 12.1 Å². The number of pyridine rings is 1. The lowest BCUT2D eigenvalue weighted by atomic mass is 10.0. The molecule has 2 aliphatic rings. The second kappa shape index (κ2) is 10.4. The largest absolute Gasteiger partial charge is 0.492 e. The summed E-state index contributed by atoms with van der Waals surface area (Å²) < 4.78 is 12.2. The first-order chi connectivity index (χ1) is 16.2. The molecule has 0 spiro atoms. The van der Waals surface area contributed by atoms with Crippen molar-refractivity contribution in [2.75, 3.05) is 26.2 Å². The first kappa shape index (κ1) is 21.9. The van der Waals surface area contributed by atoms with E-state index in [2.05, 4.69) is 64.2 Å². The SMILES string of the molecule is Cc1ccc(CN2CCOc3ccc(CN4CCC(Oc5cccnc5)CC4)cc3C2)cc1. The summed E-state index contributed by atoms with van der Waals surface area (Å²) >= 11 is 0. The lowest BCUT2D eigenvalue weighted by Gasteiger charge is -2.32. The Morgan fingerprint density at radius 3 is 2.52 bits per heavy atom. The van der Waals surface area contributed by atoms with Crippen LogP contribution in [0.3, 0.4) is 0 Å². The van der Waals surface area contributed by atoms with Gasteiger partial charge in [-0.1, -0.05) is 35.9 Å². The summed E-state index contributed by atoms with van der Waals surface area (Å²) in [5, 5.41) is 0. The van der Waals surface area contributed by atoms with Crippen LogP contribution >= 0.6 is 0 Å². The lowest BCUT2D eigenvalue weighted by molar-refractivity contribution is 0.0965. The number of benzene rings is 2. The predicted molar refractivity (Wildman–Crippen MR) is 130 cm³/mol. The van der Waals surface area contributed by atoms with Crippen molar-refractivity contribution in [3.63, 3.8) is 0 Å². The summed E-state index contributed by atoms with van der Waals surface area (Å²) in [6.07, 6.45) is 5.96. The molecule has 0 N–H and O–H groups in total. The van der Waals surface area contributed by atoms with Crippen LogP contribution < -0.4 is 9.47 Å². The average molecular weight is 444 g/mol. The summed E-state index contributed by atoms with van der Waals surface area (Å²) in [4.78, 5) is 9.17. The Hall–Kier alpha value is -2.89. The zero-order chi connectivity index (χ0) is 22.5. The zero-order valence-corrected chi connectivity index (χ0v) is 19.5. The number of ether oxygens (including phenoxy) is 2. The summed E-state index contributed by atoms with van der Waals surface area (Å²) in [6, 6.07) is 19.5. The van der Waals surface area contributed by atoms with Crippen LogP contribution in [0.5, 0.6) is 11.5 Å². The second-order valence-electron chi connectivity index (χ2n) is 9.27. The zero-order valence-electron chi connectivity index (χ0n) is 19.5. The van der Waals surface area contributed by atoms with Gasteiger partial charge >= 0.3 is 0 Å². The van der Waals surface area contributed by atoms with Crippen LogP contribution in [0.2, 0.25) is 0 Å². The first-order valence-corrected chi connectivity index (χ1v) is 12.0. The van der Waals surface area contributed by atoms with Crippen LogP contribution in [-0.2, 0) is 19.6 Å². The van der Waals surface area contributed by atoms with Gasteiger partial charge in [0, 0.05) is 51.0 Å². The fraction of sp³-hybridized carbons (Fsp3) is 0.393. The maximum absolute atomic E-state index is 6.10. The van der Waals surface area contributed by atoms with Gasteiger partial charge in [-0.25, -0.2) is 0 Å². The Morgan fingerprint density at radius 1 is 0.939 bits per heavy atom. The van der Waals surface area contributed by atoms with Gasteiger partial charge in [0.15, 0.2) is 0 Å². The van der Waals surface area contributed by atoms with Crippen LogP contribution in [0.15, 0.2) is 67.0 Å². The molecule has 5 rings (SSSR count). The number of aromatic nitrogens is 1. The summed E-state index contributed by atoms with van der Waals surface area (Å²) in [6.45, 7) is 8.79. The molecule has 1 fully saturated rings. The molecule has 172 valence electrons. The number of hydrogen-bond acceptors (Lipinski definition) is 5. The van der Waals surface area contributed by atoms with Gasteiger partial charge in [0.25, 0.3) is 0 Å². The van der Waals surface area contributed by atoms with Gasteiger partial charge in [0.2, 0.25) is 0 Å². The van der Waals surface area contributed by atoms with Crippen LogP contribution in [0.1, 0.15) is 35.1 Å². The molecule has 1 saturated heterocycles. The number of piperidine rings is 1. The van der Waals surface area contributed by atoms with E-state index in [1.54, 1.807) is 12.4 Å². The Bertz CT molecular complexity index is 1030. The van der Waals surface area contributed by atoms with Gasteiger partial charge in [-0.15, -0.1) is 0 Å². The van der Waals surface area contributed by atoms with E-state index < -0.39 is 0 Å². The summed E-state index contributed by atoms with van der Waals surface area (Å²) in [5.74, 6) is 1.91. The standard InChI is InChI=1S/C28H33N3O2/c1-22-4-6-23(7-5-22)19-31-15-16-32-28-9-8-24(17-25(28)21-31)20-30-13-10-26(11-14-30)33-27-3-2-12-29-18-27/h2-9,12,17-18,26H,10-11,13-16,19-21H2,1H3. The van der Waals surface area contributed by atoms with E-state index in [0.717, 1.165) is 70.2 Å². The number of likely N-dealkylation sites (tertiary alicyclic amines) is 1. The minimum atomic E-state index is 0.279. The van der Waals surface area contributed by atoms with E-state index >= 15 is 0 Å². The van der Waals surface area contributed by atoms with Gasteiger partial charge in [-0.3, -0.25) is 14.8 Å². The highest BCUT2D eigenvalue weighted by molar-refractivity contribution is 5.38. The van der Waals surface area contributed by atoms with E-state index in [9.17, 15) is 0 Å². The Balaban J connectivity index is 1.17. The number of hydrogen-bond donors (Lipinski definition) is 0. The van der Waals surface area contributed by atoms with Gasteiger partial charge < -0.3 is 9.47 Å². The Morgan fingerprint density at radius 2 is 1.73 bits per heavy atom. The van der Waals surface area contributed by atoms with Crippen molar-refractivity contribution in [3.8, 4) is 11.5 Å². The van der Waals surface area contributed by atoms with E-state index in [1.165, 1.54) is 22.3 Å². The van der Waals surface area contributed by atoms with Crippen LogP contribution in [-0.4, -0.2) is 47.1 Å². The third-order valence-corrected chi connectivity index (χ3v) is 6.59. The molecule has 2 aromatic carbocycles. The molecule has 0 aliphatic carbocycles. The molecule has 2 aliphatic heterocycles. The topological polar surface area (TPSA) is 37.8 Å². The molecule has 1 aromatic heterocycles. The second-order valence-corrected chi connectivity index (χ2v) is 9.27. The molecule has 0 saturated carbocycles. The van der Waals surface area contributed by atoms with Crippen molar-refractivity contribution in [1.82, 2.24) is 14.8 Å². The quantitative estimate of drug-likeness (QED) is 0.546. The third kappa shape index (κ3) is 5.92. The predicted octanol–water partition coefficient (Wildman–Crippen LogP) is 4.83. The molecule has 0 bridgehead atoms. The van der Waals surface area contributed by atoms with Gasteiger partial charge in [-0.2, -0.15) is 0 Å². The van der Waals surface area contributed by atoms with E-state index in [4.69, 9.17) is 9.47 Å². The molecule has 0 atom stereocenters. The van der Waals surface area contributed by atoms with Crippen LogP contribution in [0, 0.1) is 6.92 Å². The summed E-state index contributed by atoms with van der Waals surface area (Å²) in [7, 11) is 0. The highest BCUT2D eigenvalue weighted by Gasteiger charge is 2.22. The number of fused-ring (bicyclic) bond motifs is 1. The minimum absolute atomic E-state index is 0.279. The lowest BCUT2D eigenvalue weighted by Crippen LogP contribution is -2.37. The van der Waals surface area contributed by atoms with Gasteiger partial charge in [0.1, 0.15) is 24.2 Å². The monoisotopic (exact) mass is 443 g/mol. The van der Waals surface area contributed by atoms with Crippen molar-refractivity contribution in [2.24, 2.45) is 0 Å². The van der Waals surface area contributed by atoms with E-state index in [-0.39, 0.29) is 6.10 Å². The fourth-order valence-corrected chi connectivity index (χ4v) is 4.74. The Kier molecular flexibility index (Phi) is 6.89. The molecule has 3 aromatic rings. The molecule has 0 unspecified atom stereocenters. The van der Waals surface area contributed by atoms with Crippen LogP contribution in [0.4, 0.5) is 0 Å². The normalized spacial score (nSPS) is 17.7. The third-order valence-electron chi connectivity index (χ3n) is 6.59. The smallest absolute Gasteiger partial charge is 0.137 e. The fourth-order valence-electron chi connectivity index (χ4n) is 4.74.